The molecule has 3 aromatic rings. The van der Waals surface area contributed by atoms with Crippen LogP contribution < -0.4 is 4.72 Å². The monoisotopic (exact) mass is 513 g/mol. The van der Waals surface area contributed by atoms with E-state index >= 15 is 0 Å². The number of aryl methyl sites for hydroxylation is 2. The molecule has 0 aliphatic carbocycles. The van der Waals surface area contributed by atoms with Crippen LogP contribution in [0.2, 0.25) is 0 Å². The van der Waals surface area contributed by atoms with Crippen molar-refractivity contribution in [1.29, 1.82) is 0 Å². The predicted octanol–water partition coefficient (Wildman–Crippen LogP) is 3.25. The maximum atomic E-state index is 13.1. The van der Waals surface area contributed by atoms with Crippen molar-refractivity contribution in [2.24, 2.45) is 0 Å². The molecule has 184 valence electrons. The zero-order chi connectivity index (χ0) is 25.2. The van der Waals surface area contributed by atoms with Gasteiger partial charge in [-0.15, -0.1) is 0 Å². The molecule has 0 spiro atoms. The van der Waals surface area contributed by atoms with Gasteiger partial charge in [0.1, 0.15) is 0 Å². The molecule has 3 aromatic carbocycles. The van der Waals surface area contributed by atoms with E-state index in [2.05, 4.69) is 4.72 Å². The van der Waals surface area contributed by atoms with Crippen molar-refractivity contribution in [2.75, 3.05) is 30.9 Å². The van der Waals surface area contributed by atoms with Gasteiger partial charge in [-0.05, 0) is 55.8 Å². The molecule has 0 aromatic heterocycles. The number of nitrogens with zero attached hydrogens (tertiary/aromatic N) is 2. The first-order valence-corrected chi connectivity index (χ1v) is 14.0. The van der Waals surface area contributed by atoms with Gasteiger partial charge in [0.25, 0.3) is 15.9 Å². The van der Waals surface area contributed by atoms with Crippen molar-refractivity contribution in [3.05, 3.63) is 89.5 Å². The lowest BCUT2D eigenvalue weighted by atomic mass is 10.1. The molecule has 35 heavy (non-hydrogen) atoms. The summed E-state index contributed by atoms with van der Waals surface area (Å²) in [6.45, 7) is 4.49. The lowest BCUT2D eigenvalue weighted by Gasteiger charge is -2.34. The molecule has 0 saturated carbocycles. The summed E-state index contributed by atoms with van der Waals surface area (Å²) in [7, 11) is -7.44. The highest BCUT2D eigenvalue weighted by atomic mass is 32.2. The largest absolute Gasteiger partial charge is 0.336 e. The average Bonchev–Trinajstić information content (AvgIpc) is 2.86. The Morgan fingerprint density at radius 3 is 2.03 bits per heavy atom. The van der Waals surface area contributed by atoms with Crippen LogP contribution in [0.25, 0.3) is 0 Å². The summed E-state index contributed by atoms with van der Waals surface area (Å²) in [6, 6.07) is 19.6. The van der Waals surface area contributed by atoms with E-state index in [0.29, 0.717) is 16.8 Å². The van der Waals surface area contributed by atoms with Crippen LogP contribution >= 0.6 is 0 Å². The first kappa shape index (κ1) is 24.9. The molecule has 1 aliphatic rings. The van der Waals surface area contributed by atoms with Crippen LogP contribution in [0.3, 0.4) is 0 Å². The van der Waals surface area contributed by atoms with Gasteiger partial charge >= 0.3 is 0 Å². The standard InChI is InChI=1S/C25H27N3O5S2/c1-19-8-12-23(13-9-19)35(32,33)28-16-14-27(15-17-28)25(29)21-11-10-20(2)24(18-21)26-34(30,31)22-6-4-3-5-7-22/h3-13,18,26H,14-17H2,1-2H3. The summed E-state index contributed by atoms with van der Waals surface area (Å²) >= 11 is 0. The zero-order valence-corrected chi connectivity index (χ0v) is 21.1. The van der Waals surface area contributed by atoms with Gasteiger partial charge in [-0.1, -0.05) is 42.0 Å². The van der Waals surface area contributed by atoms with Crippen molar-refractivity contribution in [1.82, 2.24) is 9.21 Å². The highest BCUT2D eigenvalue weighted by Crippen LogP contribution is 2.23. The Morgan fingerprint density at radius 1 is 0.771 bits per heavy atom. The van der Waals surface area contributed by atoms with Crippen LogP contribution in [0.1, 0.15) is 21.5 Å². The normalized spacial score (nSPS) is 15.1. The fourth-order valence-electron chi connectivity index (χ4n) is 3.84. The SMILES string of the molecule is Cc1ccc(S(=O)(=O)N2CCN(C(=O)c3ccc(C)c(NS(=O)(=O)c4ccccc4)c3)CC2)cc1. The van der Waals surface area contributed by atoms with Gasteiger partial charge < -0.3 is 4.90 Å². The minimum atomic E-state index is -3.80. The number of hydrogen-bond donors (Lipinski definition) is 1. The van der Waals surface area contributed by atoms with E-state index in [-0.39, 0.29) is 41.9 Å². The molecule has 1 heterocycles. The molecular formula is C25H27N3O5S2. The Labute approximate surface area is 206 Å². The molecule has 0 bridgehead atoms. The summed E-state index contributed by atoms with van der Waals surface area (Å²) in [6.07, 6.45) is 0. The van der Waals surface area contributed by atoms with E-state index in [1.54, 1.807) is 66.4 Å². The minimum absolute atomic E-state index is 0.127. The molecule has 1 fully saturated rings. The fourth-order valence-corrected chi connectivity index (χ4v) is 6.41. The van der Waals surface area contributed by atoms with Crippen molar-refractivity contribution in [3.8, 4) is 0 Å². The van der Waals surface area contributed by atoms with Crippen molar-refractivity contribution in [2.45, 2.75) is 23.6 Å². The Balaban J connectivity index is 1.47. The quantitative estimate of drug-likeness (QED) is 0.545. The first-order chi connectivity index (χ1) is 16.6. The van der Waals surface area contributed by atoms with Gasteiger partial charge in [0.2, 0.25) is 10.0 Å². The number of benzene rings is 3. The maximum Gasteiger partial charge on any atom is 0.261 e. The number of anilines is 1. The Bertz CT molecular complexity index is 1430. The smallest absolute Gasteiger partial charge is 0.261 e. The number of sulfonamides is 2. The predicted molar refractivity (Wildman–Crippen MR) is 134 cm³/mol. The van der Waals surface area contributed by atoms with Gasteiger partial charge in [0.15, 0.2) is 0 Å². The second-order valence-electron chi connectivity index (χ2n) is 8.46. The van der Waals surface area contributed by atoms with Gasteiger partial charge in [0, 0.05) is 31.7 Å². The van der Waals surface area contributed by atoms with Gasteiger partial charge in [-0.2, -0.15) is 4.31 Å². The topological polar surface area (TPSA) is 104 Å². The number of piperazine rings is 1. The first-order valence-electron chi connectivity index (χ1n) is 11.1. The van der Waals surface area contributed by atoms with E-state index in [9.17, 15) is 21.6 Å². The highest BCUT2D eigenvalue weighted by molar-refractivity contribution is 7.92. The summed E-state index contributed by atoms with van der Waals surface area (Å²) in [5.74, 6) is -0.280. The molecule has 4 rings (SSSR count). The minimum Gasteiger partial charge on any atom is -0.336 e. The van der Waals surface area contributed by atoms with Crippen molar-refractivity contribution < 1.29 is 21.6 Å². The fraction of sp³-hybridized carbons (Fsp3) is 0.240. The van der Waals surface area contributed by atoms with Crippen LogP contribution in [0.5, 0.6) is 0 Å². The highest BCUT2D eigenvalue weighted by Gasteiger charge is 2.30. The Kier molecular flexibility index (Phi) is 6.98. The summed E-state index contributed by atoms with van der Waals surface area (Å²) in [5.41, 5.74) is 2.30. The summed E-state index contributed by atoms with van der Waals surface area (Å²) in [4.78, 5) is 15.1. The number of nitrogens with one attached hydrogen (secondary N) is 1. The number of amides is 1. The third-order valence-corrected chi connectivity index (χ3v) is 9.26. The van der Waals surface area contributed by atoms with Crippen LogP contribution in [-0.4, -0.2) is 58.1 Å². The van der Waals surface area contributed by atoms with E-state index in [1.807, 2.05) is 6.92 Å². The van der Waals surface area contributed by atoms with E-state index < -0.39 is 20.0 Å². The van der Waals surface area contributed by atoms with E-state index in [1.165, 1.54) is 22.5 Å². The van der Waals surface area contributed by atoms with Crippen LogP contribution in [0.4, 0.5) is 5.69 Å². The third-order valence-electron chi connectivity index (χ3n) is 5.97. The molecule has 8 nitrogen and oxygen atoms in total. The molecule has 0 atom stereocenters. The maximum absolute atomic E-state index is 13.1. The lowest BCUT2D eigenvalue weighted by Crippen LogP contribution is -2.50. The molecule has 10 heteroatoms. The number of carbonyl (C=O) groups is 1. The van der Waals surface area contributed by atoms with Crippen molar-refractivity contribution >= 4 is 31.6 Å². The number of hydrogen-bond acceptors (Lipinski definition) is 5. The molecule has 1 saturated heterocycles. The van der Waals surface area contributed by atoms with E-state index in [4.69, 9.17) is 0 Å². The van der Waals surface area contributed by atoms with Crippen LogP contribution in [-0.2, 0) is 20.0 Å². The lowest BCUT2D eigenvalue weighted by molar-refractivity contribution is 0.0698. The van der Waals surface area contributed by atoms with Gasteiger partial charge in [-0.25, -0.2) is 16.8 Å². The second kappa shape index (κ2) is 9.80. The third kappa shape index (κ3) is 5.39. The molecule has 0 unspecified atom stereocenters. The molecule has 1 aliphatic heterocycles. The molecule has 1 amide bonds. The zero-order valence-electron chi connectivity index (χ0n) is 19.5. The Hall–Kier alpha value is -3.21. The van der Waals surface area contributed by atoms with Crippen LogP contribution in [0.15, 0.2) is 82.6 Å². The number of carbonyl (C=O) groups excluding carboxylic acids is 1. The summed E-state index contributed by atoms with van der Waals surface area (Å²) in [5, 5.41) is 0. The van der Waals surface area contributed by atoms with Crippen molar-refractivity contribution in [3.63, 3.8) is 0 Å². The van der Waals surface area contributed by atoms with Crippen LogP contribution in [0, 0.1) is 13.8 Å². The Morgan fingerprint density at radius 2 is 1.40 bits per heavy atom. The molecule has 0 radical (unpaired) electrons. The molecular weight excluding hydrogens is 486 g/mol. The summed E-state index contributed by atoms with van der Waals surface area (Å²) < 4.78 is 55.3. The van der Waals surface area contributed by atoms with Gasteiger partial charge in [0.05, 0.1) is 15.5 Å². The number of rotatable bonds is 6. The van der Waals surface area contributed by atoms with E-state index in [0.717, 1.165) is 5.56 Å². The average molecular weight is 514 g/mol. The molecule has 1 N–H and O–H groups in total. The second-order valence-corrected chi connectivity index (χ2v) is 12.1. The van der Waals surface area contributed by atoms with Gasteiger partial charge in [-0.3, -0.25) is 9.52 Å².